The number of carbonyl (C=O) groups excluding carboxylic acids is 1. The molecule has 0 aliphatic heterocycles. The van der Waals surface area contributed by atoms with Crippen LogP contribution in [0.3, 0.4) is 0 Å². The molecule has 150 valence electrons. The van der Waals surface area contributed by atoms with Crippen molar-refractivity contribution in [1.29, 1.82) is 0 Å². The molecule has 1 heterocycles. The van der Waals surface area contributed by atoms with Crippen LogP contribution >= 0.6 is 0 Å². The highest BCUT2D eigenvalue weighted by molar-refractivity contribution is 6.17. The number of rotatable bonds is 7. The molecule has 2 aromatic carbocycles. The summed E-state index contributed by atoms with van der Waals surface area (Å²) in [6, 6.07) is 15.6. The van der Waals surface area contributed by atoms with Crippen molar-refractivity contribution in [3.05, 3.63) is 78.3 Å². The highest BCUT2D eigenvalue weighted by Crippen LogP contribution is 2.32. The van der Waals surface area contributed by atoms with Gasteiger partial charge in [-0.05, 0) is 18.2 Å². The average molecular weight is 402 g/mol. The van der Waals surface area contributed by atoms with Gasteiger partial charge >= 0.3 is 5.97 Å². The minimum atomic E-state index is -0.564. The van der Waals surface area contributed by atoms with Crippen molar-refractivity contribution in [1.82, 2.24) is 9.97 Å². The smallest absolute Gasteiger partial charge is 0.341 e. The SMILES string of the molecule is C#Cc1ccccc1Oc1cc(Oc2ccccc2/C(=C\OC)C(=O)OC)ncn1. The van der Waals surface area contributed by atoms with Gasteiger partial charge in [0.05, 0.1) is 32.1 Å². The predicted molar refractivity (Wildman–Crippen MR) is 110 cm³/mol. The first kappa shape index (κ1) is 20.4. The molecule has 0 spiro atoms. The Kier molecular flexibility index (Phi) is 6.64. The van der Waals surface area contributed by atoms with Gasteiger partial charge in [-0.15, -0.1) is 6.42 Å². The highest BCUT2D eigenvalue weighted by atomic mass is 16.5. The summed E-state index contributed by atoms with van der Waals surface area (Å²) in [6.45, 7) is 0. The van der Waals surface area contributed by atoms with E-state index >= 15 is 0 Å². The molecule has 0 saturated carbocycles. The van der Waals surface area contributed by atoms with E-state index in [0.29, 0.717) is 22.6 Å². The number of terminal acetylenes is 1. The van der Waals surface area contributed by atoms with Crippen LogP contribution in [0, 0.1) is 12.3 Å². The number of ether oxygens (including phenoxy) is 4. The topological polar surface area (TPSA) is 79.8 Å². The summed E-state index contributed by atoms with van der Waals surface area (Å²) in [4.78, 5) is 20.3. The fourth-order valence-electron chi connectivity index (χ4n) is 2.56. The lowest BCUT2D eigenvalue weighted by Gasteiger charge is -2.12. The van der Waals surface area contributed by atoms with Crippen LogP contribution in [0.5, 0.6) is 23.3 Å². The second kappa shape index (κ2) is 9.75. The first-order valence-electron chi connectivity index (χ1n) is 8.80. The Hall–Kier alpha value is -4.31. The Labute approximate surface area is 173 Å². The molecule has 0 N–H and O–H groups in total. The first-order valence-corrected chi connectivity index (χ1v) is 8.80. The Morgan fingerprint density at radius 3 is 2.27 bits per heavy atom. The monoisotopic (exact) mass is 402 g/mol. The van der Waals surface area contributed by atoms with E-state index in [1.807, 2.05) is 12.1 Å². The number of methoxy groups -OCH3 is 2. The molecule has 7 nitrogen and oxygen atoms in total. The number of esters is 1. The lowest BCUT2D eigenvalue weighted by atomic mass is 10.1. The van der Waals surface area contributed by atoms with Gasteiger partial charge in [0.2, 0.25) is 11.8 Å². The molecule has 0 atom stereocenters. The van der Waals surface area contributed by atoms with Crippen LogP contribution in [-0.2, 0) is 14.3 Å². The molecular weight excluding hydrogens is 384 g/mol. The molecule has 0 saturated heterocycles. The molecule has 1 aromatic heterocycles. The van der Waals surface area contributed by atoms with Gasteiger partial charge in [-0.25, -0.2) is 14.8 Å². The maximum atomic E-state index is 12.1. The van der Waals surface area contributed by atoms with Gasteiger partial charge in [-0.3, -0.25) is 0 Å². The molecule has 0 amide bonds. The summed E-state index contributed by atoms with van der Waals surface area (Å²) < 4.78 is 21.5. The zero-order valence-corrected chi connectivity index (χ0v) is 16.4. The third-order valence-electron chi connectivity index (χ3n) is 3.91. The number of hydrogen-bond donors (Lipinski definition) is 0. The van der Waals surface area contributed by atoms with Crippen LogP contribution in [0.1, 0.15) is 11.1 Å². The molecule has 3 rings (SSSR count). The number of para-hydroxylation sites is 2. The molecule has 0 fully saturated rings. The highest BCUT2D eigenvalue weighted by Gasteiger charge is 2.18. The lowest BCUT2D eigenvalue weighted by Crippen LogP contribution is -2.06. The van der Waals surface area contributed by atoms with Crippen LogP contribution in [0.4, 0.5) is 0 Å². The van der Waals surface area contributed by atoms with Crippen molar-refractivity contribution in [2.45, 2.75) is 0 Å². The summed E-state index contributed by atoms with van der Waals surface area (Å²) in [5.41, 5.74) is 1.27. The maximum Gasteiger partial charge on any atom is 0.341 e. The van der Waals surface area contributed by atoms with Gasteiger partial charge in [0.1, 0.15) is 23.4 Å². The summed E-state index contributed by atoms with van der Waals surface area (Å²) in [5.74, 6) is 3.32. The van der Waals surface area contributed by atoms with E-state index in [9.17, 15) is 4.79 Å². The maximum absolute atomic E-state index is 12.1. The van der Waals surface area contributed by atoms with Gasteiger partial charge in [0.25, 0.3) is 0 Å². The predicted octanol–water partition coefficient (Wildman–Crippen LogP) is 4.20. The molecule has 7 heteroatoms. The Bertz CT molecular complexity index is 1120. The molecular formula is C23H18N2O5. The fourth-order valence-corrected chi connectivity index (χ4v) is 2.56. The normalized spacial score (nSPS) is 10.6. The minimum absolute atomic E-state index is 0.198. The van der Waals surface area contributed by atoms with Crippen LogP contribution in [0.2, 0.25) is 0 Å². The van der Waals surface area contributed by atoms with Crippen molar-refractivity contribution in [3.8, 4) is 35.6 Å². The molecule has 0 aliphatic carbocycles. The molecule has 0 unspecified atom stereocenters. The Morgan fingerprint density at radius 2 is 1.60 bits per heavy atom. The number of hydrogen-bond acceptors (Lipinski definition) is 7. The summed E-state index contributed by atoms with van der Waals surface area (Å²) >= 11 is 0. The van der Waals surface area contributed by atoms with Crippen molar-refractivity contribution in [3.63, 3.8) is 0 Å². The number of benzene rings is 2. The lowest BCUT2D eigenvalue weighted by molar-refractivity contribution is -0.133. The summed E-state index contributed by atoms with van der Waals surface area (Å²) in [5, 5.41) is 0. The molecule has 0 radical (unpaired) electrons. The summed E-state index contributed by atoms with van der Waals surface area (Å²) in [7, 11) is 2.73. The number of aromatic nitrogens is 2. The molecule has 3 aromatic rings. The minimum Gasteiger partial charge on any atom is -0.503 e. The van der Waals surface area contributed by atoms with E-state index in [1.165, 1.54) is 32.9 Å². The van der Waals surface area contributed by atoms with Crippen LogP contribution in [0.15, 0.2) is 67.2 Å². The van der Waals surface area contributed by atoms with E-state index in [1.54, 1.807) is 36.4 Å². The van der Waals surface area contributed by atoms with Crippen molar-refractivity contribution >= 4 is 11.5 Å². The van der Waals surface area contributed by atoms with Gasteiger partial charge in [-0.2, -0.15) is 0 Å². The van der Waals surface area contributed by atoms with E-state index in [2.05, 4.69) is 15.9 Å². The second-order valence-corrected chi connectivity index (χ2v) is 5.79. The quantitative estimate of drug-likeness (QED) is 0.254. The zero-order chi connectivity index (χ0) is 21.3. The third kappa shape index (κ3) is 4.75. The van der Waals surface area contributed by atoms with Crippen LogP contribution in [-0.4, -0.2) is 30.2 Å². The van der Waals surface area contributed by atoms with E-state index < -0.39 is 5.97 Å². The third-order valence-corrected chi connectivity index (χ3v) is 3.91. The van der Waals surface area contributed by atoms with Gasteiger partial charge in [0, 0.05) is 5.56 Å². The van der Waals surface area contributed by atoms with Crippen molar-refractivity contribution in [2.24, 2.45) is 0 Å². The largest absolute Gasteiger partial charge is 0.503 e. The molecule has 0 aliphatic rings. The Morgan fingerprint density at radius 1 is 0.967 bits per heavy atom. The zero-order valence-electron chi connectivity index (χ0n) is 16.4. The van der Waals surface area contributed by atoms with Gasteiger partial charge in [0.15, 0.2) is 0 Å². The summed E-state index contributed by atoms with van der Waals surface area (Å²) in [6.07, 6.45) is 8.10. The molecule has 0 bridgehead atoms. The van der Waals surface area contributed by atoms with Gasteiger partial charge in [-0.1, -0.05) is 36.3 Å². The van der Waals surface area contributed by atoms with E-state index in [0.717, 1.165) is 0 Å². The van der Waals surface area contributed by atoms with E-state index in [4.69, 9.17) is 25.4 Å². The first-order chi connectivity index (χ1) is 14.7. The standard InChI is InChI=1S/C23H18N2O5/c1-4-16-9-5-7-11-19(16)29-21-13-22(25-15-24-21)30-20-12-8-6-10-17(20)18(14-27-2)23(26)28-3/h1,5-15H,2-3H3/b18-14+. The Balaban J connectivity index is 1.90. The number of nitrogens with zero attached hydrogens (tertiary/aromatic N) is 2. The average Bonchev–Trinajstić information content (AvgIpc) is 2.78. The van der Waals surface area contributed by atoms with Gasteiger partial charge < -0.3 is 18.9 Å². The second-order valence-electron chi connectivity index (χ2n) is 5.79. The van der Waals surface area contributed by atoms with E-state index in [-0.39, 0.29) is 17.3 Å². The van der Waals surface area contributed by atoms with Crippen LogP contribution in [0.25, 0.3) is 5.57 Å². The number of carbonyl (C=O) groups is 1. The van der Waals surface area contributed by atoms with Crippen molar-refractivity contribution in [2.75, 3.05) is 14.2 Å². The molecule has 30 heavy (non-hydrogen) atoms. The van der Waals surface area contributed by atoms with Crippen LogP contribution < -0.4 is 9.47 Å². The van der Waals surface area contributed by atoms with Crippen molar-refractivity contribution < 1.29 is 23.7 Å². The fraction of sp³-hybridized carbons (Fsp3) is 0.0870.